The molecule has 0 spiro atoms. The van der Waals surface area contributed by atoms with Gasteiger partial charge in [-0.2, -0.15) is 5.10 Å². The quantitative estimate of drug-likeness (QED) is 0.702. The first-order chi connectivity index (χ1) is 12.3. The van der Waals surface area contributed by atoms with Crippen molar-refractivity contribution in [3.05, 3.63) is 66.3 Å². The Morgan fingerprint density at radius 3 is 2.92 bits per heavy atom. The normalized spacial score (nSPS) is 13.9. The zero-order valence-corrected chi connectivity index (χ0v) is 13.5. The summed E-state index contributed by atoms with van der Waals surface area (Å²) in [4.78, 5) is 20.8. The number of benzene rings is 1. The second kappa shape index (κ2) is 6.68. The van der Waals surface area contributed by atoms with Crippen molar-refractivity contribution >= 4 is 17.7 Å². The summed E-state index contributed by atoms with van der Waals surface area (Å²) in [5.74, 6) is 1.92. The van der Waals surface area contributed by atoms with E-state index in [0.717, 1.165) is 17.1 Å². The molecular formula is C19H17N5O. The van der Waals surface area contributed by atoms with E-state index in [1.807, 2.05) is 42.5 Å². The van der Waals surface area contributed by atoms with E-state index in [-0.39, 0.29) is 5.91 Å². The second-order valence-corrected chi connectivity index (χ2v) is 5.98. The second-order valence-electron chi connectivity index (χ2n) is 5.98. The molecule has 2 N–H and O–H groups in total. The lowest BCUT2D eigenvalue weighted by atomic mass is 10.2. The van der Waals surface area contributed by atoms with Gasteiger partial charge in [0.15, 0.2) is 5.82 Å². The molecule has 0 bridgehead atoms. The van der Waals surface area contributed by atoms with Crippen LogP contribution in [0.1, 0.15) is 30.3 Å². The van der Waals surface area contributed by atoms with Crippen LogP contribution < -0.4 is 5.32 Å². The van der Waals surface area contributed by atoms with Crippen molar-refractivity contribution in [1.29, 1.82) is 0 Å². The van der Waals surface area contributed by atoms with E-state index in [4.69, 9.17) is 0 Å². The molecule has 1 aliphatic rings. The standard InChI is InChI=1S/C19H17N5O/c25-17(10-9-15-5-1-2-11-20-15)21-16-6-3-4-14(12-16)19-22-18(23-24-19)13-7-8-13/h1-6,9-13H,7-8H2,(H,21,25)(H,22,23,24). The Balaban J connectivity index is 1.45. The summed E-state index contributed by atoms with van der Waals surface area (Å²) in [6.07, 6.45) is 7.18. The van der Waals surface area contributed by atoms with Gasteiger partial charge in [-0.1, -0.05) is 18.2 Å². The van der Waals surface area contributed by atoms with Gasteiger partial charge >= 0.3 is 0 Å². The Kier molecular flexibility index (Phi) is 4.08. The molecular weight excluding hydrogens is 314 g/mol. The number of hydrogen-bond donors (Lipinski definition) is 2. The predicted octanol–water partition coefficient (Wildman–Crippen LogP) is 3.40. The number of aromatic nitrogens is 4. The molecule has 0 radical (unpaired) electrons. The first-order valence-electron chi connectivity index (χ1n) is 8.21. The van der Waals surface area contributed by atoms with Gasteiger partial charge in [0.2, 0.25) is 5.91 Å². The van der Waals surface area contributed by atoms with Crippen molar-refractivity contribution in [2.45, 2.75) is 18.8 Å². The van der Waals surface area contributed by atoms with Gasteiger partial charge in [-0.05, 0) is 43.2 Å². The SMILES string of the molecule is O=C(C=Cc1ccccn1)Nc1cccc(-c2n[nH]c(C3CC3)n2)c1. The van der Waals surface area contributed by atoms with Crippen LogP contribution in [0.5, 0.6) is 0 Å². The summed E-state index contributed by atoms with van der Waals surface area (Å²) in [6.45, 7) is 0. The molecule has 6 heteroatoms. The average molecular weight is 331 g/mol. The van der Waals surface area contributed by atoms with Crippen molar-refractivity contribution in [3.8, 4) is 11.4 Å². The van der Waals surface area contributed by atoms with Crippen LogP contribution in [0.4, 0.5) is 5.69 Å². The number of amides is 1. The lowest BCUT2D eigenvalue weighted by Crippen LogP contribution is -2.07. The molecule has 1 fully saturated rings. The van der Waals surface area contributed by atoms with Crippen LogP contribution in [0.3, 0.4) is 0 Å². The first-order valence-corrected chi connectivity index (χ1v) is 8.21. The minimum absolute atomic E-state index is 0.212. The van der Waals surface area contributed by atoms with Crippen molar-refractivity contribution in [2.24, 2.45) is 0 Å². The topological polar surface area (TPSA) is 83.6 Å². The highest BCUT2D eigenvalue weighted by molar-refractivity contribution is 6.02. The molecule has 0 aliphatic heterocycles. The molecule has 1 amide bonds. The molecule has 4 rings (SSSR count). The highest BCUT2D eigenvalue weighted by atomic mass is 16.1. The zero-order chi connectivity index (χ0) is 17.1. The van der Waals surface area contributed by atoms with Crippen molar-refractivity contribution < 1.29 is 4.79 Å². The van der Waals surface area contributed by atoms with Gasteiger partial charge in [0.25, 0.3) is 0 Å². The zero-order valence-electron chi connectivity index (χ0n) is 13.5. The summed E-state index contributed by atoms with van der Waals surface area (Å²) >= 11 is 0. The summed E-state index contributed by atoms with van der Waals surface area (Å²) in [5, 5.41) is 10.1. The maximum Gasteiger partial charge on any atom is 0.248 e. The number of pyridine rings is 1. The fourth-order valence-corrected chi connectivity index (χ4v) is 2.50. The third-order valence-electron chi connectivity index (χ3n) is 3.95. The van der Waals surface area contributed by atoms with Crippen LogP contribution in [0.25, 0.3) is 17.5 Å². The number of carbonyl (C=O) groups excluding carboxylic acids is 1. The fraction of sp³-hybridized carbons (Fsp3) is 0.158. The third-order valence-corrected chi connectivity index (χ3v) is 3.95. The first kappa shape index (κ1) is 15.3. The van der Waals surface area contributed by atoms with Crippen LogP contribution in [-0.4, -0.2) is 26.1 Å². The van der Waals surface area contributed by atoms with E-state index in [0.29, 0.717) is 17.4 Å². The summed E-state index contributed by atoms with van der Waals surface area (Å²) in [5.41, 5.74) is 2.31. The Morgan fingerprint density at radius 2 is 2.12 bits per heavy atom. The summed E-state index contributed by atoms with van der Waals surface area (Å²) < 4.78 is 0. The van der Waals surface area contributed by atoms with Gasteiger partial charge < -0.3 is 5.32 Å². The molecule has 0 saturated heterocycles. The smallest absolute Gasteiger partial charge is 0.248 e. The maximum absolute atomic E-state index is 12.1. The van der Waals surface area contributed by atoms with Gasteiger partial charge in [0.1, 0.15) is 5.82 Å². The van der Waals surface area contributed by atoms with Crippen molar-refractivity contribution in [1.82, 2.24) is 20.2 Å². The fourth-order valence-electron chi connectivity index (χ4n) is 2.50. The van der Waals surface area contributed by atoms with Crippen LogP contribution in [0.15, 0.2) is 54.7 Å². The van der Waals surface area contributed by atoms with Crippen molar-refractivity contribution in [2.75, 3.05) is 5.32 Å². The predicted molar refractivity (Wildman–Crippen MR) is 95.7 cm³/mol. The molecule has 1 aromatic carbocycles. The number of nitrogens with zero attached hydrogens (tertiary/aromatic N) is 3. The molecule has 0 unspecified atom stereocenters. The van der Waals surface area contributed by atoms with Gasteiger partial charge in [-0.15, -0.1) is 0 Å². The van der Waals surface area contributed by atoms with E-state index < -0.39 is 0 Å². The molecule has 2 aromatic heterocycles. The molecule has 3 aromatic rings. The van der Waals surface area contributed by atoms with Gasteiger partial charge in [-0.25, -0.2) is 4.98 Å². The minimum atomic E-state index is -0.212. The van der Waals surface area contributed by atoms with Crippen LogP contribution >= 0.6 is 0 Å². The van der Waals surface area contributed by atoms with E-state index >= 15 is 0 Å². The highest BCUT2D eigenvalue weighted by Crippen LogP contribution is 2.38. The van der Waals surface area contributed by atoms with Gasteiger partial charge in [0.05, 0.1) is 5.69 Å². The number of aromatic amines is 1. The van der Waals surface area contributed by atoms with E-state index in [2.05, 4.69) is 25.5 Å². The number of H-pyrrole nitrogens is 1. The number of anilines is 1. The largest absolute Gasteiger partial charge is 0.322 e. The minimum Gasteiger partial charge on any atom is -0.322 e. The number of nitrogens with one attached hydrogen (secondary N) is 2. The summed E-state index contributed by atoms with van der Waals surface area (Å²) in [7, 11) is 0. The molecule has 1 aliphatic carbocycles. The Morgan fingerprint density at radius 1 is 1.20 bits per heavy atom. The molecule has 6 nitrogen and oxygen atoms in total. The number of hydrogen-bond acceptors (Lipinski definition) is 4. The number of rotatable bonds is 5. The van der Waals surface area contributed by atoms with E-state index in [1.54, 1.807) is 12.3 Å². The van der Waals surface area contributed by atoms with Crippen LogP contribution in [-0.2, 0) is 4.79 Å². The Hall–Kier alpha value is -3.28. The van der Waals surface area contributed by atoms with Crippen LogP contribution in [0, 0.1) is 0 Å². The molecule has 2 heterocycles. The van der Waals surface area contributed by atoms with E-state index in [1.165, 1.54) is 18.9 Å². The maximum atomic E-state index is 12.1. The Bertz CT molecular complexity index is 912. The van der Waals surface area contributed by atoms with Gasteiger partial charge in [-0.3, -0.25) is 14.9 Å². The Labute approximate surface area is 145 Å². The molecule has 1 saturated carbocycles. The third kappa shape index (κ3) is 3.80. The van der Waals surface area contributed by atoms with E-state index in [9.17, 15) is 4.79 Å². The number of carbonyl (C=O) groups is 1. The lowest BCUT2D eigenvalue weighted by Gasteiger charge is -2.03. The van der Waals surface area contributed by atoms with Crippen LogP contribution in [0.2, 0.25) is 0 Å². The van der Waals surface area contributed by atoms with Crippen molar-refractivity contribution in [3.63, 3.8) is 0 Å². The highest BCUT2D eigenvalue weighted by Gasteiger charge is 2.27. The molecule has 124 valence electrons. The molecule has 0 atom stereocenters. The lowest BCUT2D eigenvalue weighted by molar-refractivity contribution is -0.111. The summed E-state index contributed by atoms with van der Waals surface area (Å²) in [6, 6.07) is 13.1. The monoisotopic (exact) mass is 331 g/mol. The molecule has 25 heavy (non-hydrogen) atoms. The average Bonchev–Trinajstić information content (AvgIpc) is 3.38. The van der Waals surface area contributed by atoms with Gasteiger partial charge in [0, 0.05) is 29.4 Å².